The number of hydrogen-bond donors (Lipinski definition) is 1. The quantitative estimate of drug-likeness (QED) is 0.470. The number of carbonyl (C=O) groups is 1. The fourth-order valence-electron chi connectivity index (χ4n) is 2.07. The van der Waals surface area contributed by atoms with Crippen molar-refractivity contribution in [3.63, 3.8) is 0 Å². The third-order valence-corrected chi connectivity index (χ3v) is 3.12. The Morgan fingerprint density at radius 2 is 2.05 bits per heavy atom. The van der Waals surface area contributed by atoms with Gasteiger partial charge in [-0.15, -0.1) is 0 Å². The van der Waals surface area contributed by atoms with E-state index < -0.39 is 10.9 Å². The molecule has 0 aliphatic rings. The number of carboxylic acid groups (broad SMARTS) is 1. The van der Waals surface area contributed by atoms with Gasteiger partial charge in [-0.2, -0.15) is 5.10 Å². The Labute approximate surface area is 117 Å². The van der Waals surface area contributed by atoms with E-state index in [1.165, 1.54) is 4.68 Å². The Kier molecular flexibility index (Phi) is 5.42. The van der Waals surface area contributed by atoms with Crippen LogP contribution in [-0.4, -0.2) is 25.8 Å². The Bertz CT molecular complexity index is 546. The molecule has 0 saturated carbocycles. The van der Waals surface area contributed by atoms with Crippen LogP contribution < -0.4 is 0 Å². The minimum Gasteiger partial charge on any atom is -0.478 e. The van der Waals surface area contributed by atoms with E-state index in [-0.39, 0.29) is 17.8 Å². The molecule has 0 fully saturated rings. The predicted octanol–water partition coefficient (Wildman–Crippen LogP) is 2.34. The van der Waals surface area contributed by atoms with Crippen LogP contribution in [0.4, 0.5) is 5.69 Å². The van der Waals surface area contributed by atoms with Crippen molar-refractivity contribution in [3.8, 4) is 0 Å². The Morgan fingerprint density at radius 3 is 2.45 bits per heavy atom. The highest BCUT2D eigenvalue weighted by atomic mass is 16.6. The molecule has 0 unspecified atom stereocenters. The second-order valence-electron chi connectivity index (χ2n) is 4.28. The molecule has 20 heavy (non-hydrogen) atoms. The number of aromatic nitrogens is 2. The molecule has 0 bridgehead atoms. The van der Waals surface area contributed by atoms with E-state index in [0.717, 1.165) is 0 Å². The molecular weight excluding hydrogens is 262 g/mol. The number of allylic oxidation sites excluding steroid dienone is 1. The summed E-state index contributed by atoms with van der Waals surface area (Å²) in [6.07, 6.45) is 2.91. The van der Waals surface area contributed by atoms with E-state index in [4.69, 9.17) is 5.11 Å². The second-order valence-corrected chi connectivity index (χ2v) is 4.28. The molecule has 110 valence electrons. The number of nitrogens with zero attached hydrogens (tertiary/aromatic N) is 3. The minimum absolute atomic E-state index is 0.0526. The van der Waals surface area contributed by atoms with Crippen LogP contribution in [0.5, 0.6) is 0 Å². The molecule has 7 heteroatoms. The molecule has 0 atom stereocenters. The standard InChI is InChI=1S/C13H19N3O4/c1-4-9(13(17)18)7-8-15-11(6-3)12(16(19)20)10(5-2)14-15/h7H,4-6,8H2,1-3H3,(H,17,18). The van der Waals surface area contributed by atoms with Crippen LogP contribution in [0.1, 0.15) is 38.6 Å². The third kappa shape index (κ3) is 3.23. The molecule has 7 nitrogen and oxygen atoms in total. The van der Waals surface area contributed by atoms with Gasteiger partial charge in [0.1, 0.15) is 11.4 Å². The van der Waals surface area contributed by atoms with Crippen LogP contribution >= 0.6 is 0 Å². The number of hydrogen-bond acceptors (Lipinski definition) is 4. The number of rotatable bonds is 7. The summed E-state index contributed by atoms with van der Waals surface area (Å²) < 4.78 is 1.52. The lowest BCUT2D eigenvalue weighted by atomic mass is 10.2. The molecule has 1 aromatic rings. The van der Waals surface area contributed by atoms with Gasteiger partial charge < -0.3 is 5.11 Å². The predicted molar refractivity (Wildman–Crippen MR) is 73.6 cm³/mol. The average Bonchev–Trinajstić information content (AvgIpc) is 2.76. The highest BCUT2D eigenvalue weighted by Gasteiger charge is 2.24. The first-order valence-corrected chi connectivity index (χ1v) is 6.61. The summed E-state index contributed by atoms with van der Waals surface area (Å²) in [4.78, 5) is 21.6. The number of carboxylic acids is 1. The lowest BCUT2D eigenvalue weighted by Gasteiger charge is -2.03. The lowest BCUT2D eigenvalue weighted by Crippen LogP contribution is -2.07. The molecule has 0 spiro atoms. The summed E-state index contributed by atoms with van der Waals surface area (Å²) in [5.74, 6) is -0.970. The van der Waals surface area contributed by atoms with E-state index in [0.29, 0.717) is 30.7 Å². The topological polar surface area (TPSA) is 98.3 Å². The Balaban J connectivity index is 3.19. The Hall–Kier alpha value is -2.18. The van der Waals surface area contributed by atoms with Crippen molar-refractivity contribution in [2.75, 3.05) is 0 Å². The van der Waals surface area contributed by atoms with Gasteiger partial charge in [0, 0.05) is 5.57 Å². The van der Waals surface area contributed by atoms with Gasteiger partial charge in [-0.3, -0.25) is 14.8 Å². The maximum Gasteiger partial charge on any atom is 0.331 e. The zero-order valence-electron chi connectivity index (χ0n) is 11.9. The van der Waals surface area contributed by atoms with Crippen LogP contribution in [0.25, 0.3) is 0 Å². The van der Waals surface area contributed by atoms with Gasteiger partial charge in [-0.1, -0.05) is 26.8 Å². The van der Waals surface area contributed by atoms with Crippen LogP contribution in [0, 0.1) is 10.1 Å². The van der Waals surface area contributed by atoms with Gasteiger partial charge in [-0.25, -0.2) is 4.79 Å². The minimum atomic E-state index is -0.970. The molecule has 0 aliphatic heterocycles. The smallest absolute Gasteiger partial charge is 0.331 e. The summed E-state index contributed by atoms with van der Waals surface area (Å²) in [6.45, 7) is 5.62. The largest absolute Gasteiger partial charge is 0.478 e. The van der Waals surface area contributed by atoms with Gasteiger partial charge in [-0.05, 0) is 19.3 Å². The van der Waals surface area contributed by atoms with Gasteiger partial charge in [0.15, 0.2) is 0 Å². The average molecular weight is 281 g/mol. The molecule has 0 saturated heterocycles. The normalized spacial score (nSPS) is 11.7. The monoisotopic (exact) mass is 281 g/mol. The van der Waals surface area contributed by atoms with Crippen molar-refractivity contribution in [2.45, 2.75) is 46.6 Å². The fraction of sp³-hybridized carbons (Fsp3) is 0.538. The first kappa shape index (κ1) is 15.9. The molecule has 0 amide bonds. The van der Waals surface area contributed by atoms with E-state index in [1.807, 2.05) is 13.8 Å². The number of aryl methyl sites for hydroxylation is 1. The molecular formula is C13H19N3O4. The summed E-state index contributed by atoms with van der Waals surface area (Å²) in [7, 11) is 0. The van der Waals surface area contributed by atoms with Gasteiger partial charge in [0.2, 0.25) is 0 Å². The van der Waals surface area contributed by atoms with E-state index in [1.54, 1.807) is 13.0 Å². The fourth-order valence-corrected chi connectivity index (χ4v) is 2.07. The first-order chi connectivity index (χ1) is 9.46. The SMILES string of the molecule is CCC(=CCn1nc(CC)c([N+](=O)[O-])c1CC)C(=O)O. The molecule has 1 N–H and O–H groups in total. The van der Waals surface area contributed by atoms with E-state index in [2.05, 4.69) is 5.10 Å². The molecule has 1 aromatic heterocycles. The number of aliphatic carboxylic acids is 1. The number of nitro groups is 1. The summed E-state index contributed by atoms with van der Waals surface area (Å²) >= 11 is 0. The van der Waals surface area contributed by atoms with Crippen molar-refractivity contribution in [2.24, 2.45) is 0 Å². The third-order valence-electron chi connectivity index (χ3n) is 3.12. The van der Waals surface area contributed by atoms with Crippen molar-refractivity contribution < 1.29 is 14.8 Å². The van der Waals surface area contributed by atoms with E-state index in [9.17, 15) is 14.9 Å². The zero-order chi connectivity index (χ0) is 15.3. The zero-order valence-corrected chi connectivity index (χ0v) is 11.9. The van der Waals surface area contributed by atoms with Crippen LogP contribution in [0.3, 0.4) is 0 Å². The highest BCUT2D eigenvalue weighted by molar-refractivity contribution is 5.86. The first-order valence-electron chi connectivity index (χ1n) is 6.61. The summed E-state index contributed by atoms with van der Waals surface area (Å²) in [5, 5.41) is 24.3. The molecule has 1 rings (SSSR count). The van der Waals surface area contributed by atoms with Gasteiger partial charge in [0.25, 0.3) is 0 Å². The molecule has 0 aromatic carbocycles. The highest BCUT2D eigenvalue weighted by Crippen LogP contribution is 2.24. The van der Waals surface area contributed by atoms with Gasteiger partial charge in [0.05, 0.1) is 11.5 Å². The molecule has 0 radical (unpaired) electrons. The second kappa shape index (κ2) is 6.83. The van der Waals surface area contributed by atoms with Crippen molar-refractivity contribution in [1.29, 1.82) is 0 Å². The van der Waals surface area contributed by atoms with Gasteiger partial charge >= 0.3 is 11.7 Å². The summed E-state index contributed by atoms with van der Waals surface area (Å²) in [5.41, 5.74) is 1.30. The Morgan fingerprint density at radius 1 is 1.40 bits per heavy atom. The van der Waals surface area contributed by atoms with Crippen LogP contribution in [0.15, 0.2) is 11.6 Å². The maximum absolute atomic E-state index is 11.1. The van der Waals surface area contributed by atoms with Crippen LogP contribution in [0.2, 0.25) is 0 Å². The molecule has 0 aliphatic carbocycles. The summed E-state index contributed by atoms with van der Waals surface area (Å²) in [6, 6.07) is 0. The maximum atomic E-state index is 11.1. The van der Waals surface area contributed by atoms with Crippen molar-refractivity contribution >= 4 is 11.7 Å². The van der Waals surface area contributed by atoms with Crippen molar-refractivity contribution in [3.05, 3.63) is 33.2 Å². The van der Waals surface area contributed by atoms with E-state index >= 15 is 0 Å². The lowest BCUT2D eigenvalue weighted by molar-refractivity contribution is -0.386. The molecule has 1 heterocycles. The van der Waals surface area contributed by atoms with Crippen LogP contribution in [-0.2, 0) is 24.2 Å². The van der Waals surface area contributed by atoms with Crippen molar-refractivity contribution in [1.82, 2.24) is 9.78 Å².